The van der Waals surface area contributed by atoms with Crippen LogP contribution in [0.25, 0.3) is 0 Å². The number of nitrogens with one attached hydrogen (secondary N) is 1. The van der Waals surface area contributed by atoms with Crippen molar-refractivity contribution in [2.75, 3.05) is 6.54 Å². The number of nitrogens with two attached hydrogens (primary N) is 1. The summed E-state index contributed by atoms with van der Waals surface area (Å²) in [5.74, 6) is -0.144. The first-order valence-electron chi connectivity index (χ1n) is 5.31. The predicted molar refractivity (Wildman–Crippen MR) is 66.8 cm³/mol. The Labute approximate surface area is 101 Å². The molecule has 0 aliphatic carbocycles. The van der Waals surface area contributed by atoms with Crippen LogP contribution in [0, 0.1) is 6.92 Å². The van der Waals surface area contributed by atoms with E-state index in [2.05, 4.69) is 5.32 Å². The van der Waals surface area contributed by atoms with E-state index in [1.165, 1.54) is 0 Å². The molecule has 1 unspecified atom stereocenters. The van der Waals surface area contributed by atoms with Crippen LogP contribution in [-0.4, -0.2) is 18.5 Å². The normalized spacial score (nSPS) is 12.2. The highest BCUT2D eigenvalue weighted by Crippen LogP contribution is 2.19. The molecule has 3 N–H and O–H groups in total. The molecule has 4 heteroatoms. The van der Waals surface area contributed by atoms with E-state index in [1.54, 1.807) is 6.07 Å². The first-order chi connectivity index (χ1) is 7.52. The topological polar surface area (TPSA) is 55.1 Å². The van der Waals surface area contributed by atoms with Crippen LogP contribution in [0.15, 0.2) is 18.2 Å². The maximum Gasteiger partial charge on any atom is 0.252 e. The lowest BCUT2D eigenvalue weighted by atomic mass is 10.1. The average molecular weight is 241 g/mol. The van der Waals surface area contributed by atoms with Gasteiger partial charge in [-0.3, -0.25) is 4.79 Å². The summed E-state index contributed by atoms with van der Waals surface area (Å²) in [5.41, 5.74) is 7.02. The van der Waals surface area contributed by atoms with Gasteiger partial charge < -0.3 is 11.1 Å². The number of halogens is 1. The molecule has 1 rings (SSSR count). The summed E-state index contributed by atoms with van der Waals surface area (Å²) in [7, 11) is 0. The van der Waals surface area contributed by atoms with Gasteiger partial charge in [-0.15, -0.1) is 0 Å². The molecule has 0 radical (unpaired) electrons. The zero-order valence-corrected chi connectivity index (χ0v) is 10.3. The Bertz CT molecular complexity index is 377. The third-order valence-electron chi connectivity index (χ3n) is 2.32. The molecule has 0 saturated heterocycles. The molecular formula is C12H17ClN2O. The molecule has 0 fully saturated rings. The zero-order valence-electron chi connectivity index (χ0n) is 9.59. The third kappa shape index (κ3) is 3.51. The van der Waals surface area contributed by atoms with Gasteiger partial charge in [0.25, 0.3) is 5.91 Å². The highest BCUT2D eigenvalue weighted by molar-refractivity contribution is 6.34. The summed E-state index contributed by atoms with van der Waals surface area (Å²) < 4.78 is 0. The smallest absolute Gasteiger partial charge is 0.252 e. The van der Waals surface area contributed by atoms with E-state index in [4.69, 9.17) is 17.3 Å². The number of carbonyl (C=O) groups excluding carboxylic acids is 1. The molecule has 16 heavy (non-hydrogen) atoms. The highest BCUT2D eigenvalue weighted by atomic mass is 35.5. The largest absolute Gasteiger partial charge is 0.352 e. The minimum Gasteiger partial charge on any atom is -0.352 e. The van der Waals surface area contributed by atoms with Crippen LogP contribution in [-0.2, 0) is 0 Å². The number of benzene rings is 1. The fourth-order valence-electron chi connectivity index (χ4n) is 1.33. The second kappa shape index (κ2) is 5.87. The first-order valence-corrected chi connectivity index (χ1v) is 5.69. The van der Waals surface area contributed by atoms with Crippen LogP contribution in [0.5, 0.6) is 0 Å². The SMILES string of the molecule is Cc1cccc(C(=O)NCCC(C)N)c1Cl. The van der Waals surface area contributed by atoms with Crippen molar-refractivity contribution < 1.29 is 4.79 Å². The van der Waals surface area contributed by atoms with Gasteiger partial charge >= 0.3 is 0 Å². The lowest BCUT2D eigenvalue weighted by molar-refractivity contribution is 0.0953. The van der Waals surface area contributed by atoms with Crippen molar-refractivity contribution in [2.24, 2.45) is 5.73 Å². The van der Waals surface area contributed by atoms with E-state index in [0.717, 1.165) is 12.0 Å². The Hall–Kier alpha value is -1.06. The molecule has 0 saturated carbocycles. The molecule has 0 aromatic heterocycles. The van der Waals surface area contributed by atoms with Gasteiger partial charge in [-0.2, -0.15) is 0 Å². The lowest BCUT2D eigenvalue weighted by Gasteiger charge is -2.09. The standard InChI is InChI=1S/C12H17ClN2O/c1-8-4-3-5-10(11(8)13)12(16)15-7-6-9(2)14/h3-5,9H,6-7,14H2,1-2H3,(H,15,16). The van der Waals surface area contributed by atoms with Crippen LogP contribution in [0.1, 0.15) is 29.3 Å². The van der Waals surface area contributed by atoms with Gasteiger partial charge in [-0.25, -0.2) is 0 Å². The van der Waals surface area contributed by atoms with Crippen molar-refractivity contribution >= 4 is 17.5 Å². The van der Waals surface area contributed by atoms with E-state index in [9.17, 15) is 4.79 Å². The van der Waals surface area contributed by atoms with Crippen molar-refractivity contribution in [3.8, 4) is 0 Å². The quantitative estimate of drug-likeness (QED) is 0.847. The van der Waals surface area contributed by atoms with Crippen LogP contribution in [0.4, 0.5) is 0 Å². The van der Waals surface area contributed by atoms with E-state index in [1.807, 2.05) is 26.0 Å². The Morgan fingerprint density at radius 3 is 2.88 bits per heavy atom. The number of aryl methyl sites for hydroxylation is 1. The fraction of sp³-hybridized carbons (Fsp3) is 0.417. The van der Waals surface area contributed by atoms with Gasteiger partial charge in [-0.05, 0) is 31.9 Å². The van der Waals surface area contributed by atoms with E-state index < -0.39 is 0 Å². The lowest BCUT2D eigenvalue weighted by Crippen LogP contribution is -2.29. The third-order valence-corrected chi connectivity index (χ3v) is 2.82. The molecule has 0 aliphatic rings. The summed E-state index contributed by atoms with van der Waals surface area (Å²) in [5, 5.41) is 3.31. The van der Waals surface area contributed by atoms with Crippen LogP contribution in [0.3, 0.4) is 0 Å². The number of amides is 1. The predicted octanol–water partition coefficient (Wildman–Crippen LogP) is 2.12. The van der Waals surface area contributed by atoms with Crippen molar-refractivity contribution in [2.45, 2.75) is 26.3 Å². The van der Waals surface area contributed by atoms with Gasteiger partial charge in [-0.1, -0.05) is 23.7 Å². The Morgan fingerprint density at radius 2 is 2.25 bits per heavy atom. The molecule has 0 heterocycles. The molecule has 1 amide bonds. The van der Waals surface area contributed by atoms with Crippen molar-refractivity contribution in [1.29, 1.82) is 0 Å². The molecule has 0 aliphatic heterocycles. The molecule has 88 valence electrons. The second-order valence-corrected chi connectivity index (χ2v) is 4.34. The monoisotopic (exact) mass is 240 g/mol. The molecule has 1 aromatic carbocycles. The highest BCUT2D eigenvalue weighted by Gasteiger charge is 2.10. The van der Waals surface area contributed by atoms with Crippen molar-refractivity contribution in [3.63, 3.8) is 0 Å². The summed E-state index contributed by atoms with van der Waals surface area (Å²) >= 11 is 6.04. The fourth-order valence-corrected chi connectivity index (χ4v) is 1.54. The van der Waals surface area contributed by atoms with E-state index >= 15 is 0 Å². The van der Waals surface area contributed by atoms with E-state index in [0.29, 0.717) is 17.1 Å². The molecule has 1 aromatic rings. The number of hydrogen-bond acceptors (Lipinski definition) is 2. The van der Waals surface area contributed by atoms with Gasteiger partial charge in [0.1, 0.15) is 0 Å². The maximum absolute atomic E-state index is 11.8. The Balaban J connectivity index is 2.63. The summed E-state index contributed by atoms with van der Waals surface area (Å²) in [4.78, 5) is 11.8. The van der Waals surface area contributed by atoms with Gasteiger partial charge in [0, 0.05) is 12.6 Å². The minimum atomic E-state index is -0.144. The minimum absolute atomic E-state index is 0.0910. The molecule has 0 spiro atoms. The first kappa shape index (κ1) is 13.0. The zero-order chi connectivity index (χ0) is 12.1. The maximum atomic E-state index is 11.8. The number of carbonyl (C=O) groups is 1. The van der Waals surface area contributed by atoms with Crippen LogP contribution in [0.2, 0.25) is 5.02 Å². The average Bonchev–Trinajstić information content (AvgIpc) is 2.21. The van der Waals surface area contributed by atoms with Crippen LogP contribution < -0.4 is 11.1 Å². The Morgan fingerprint density at radius 1 is 1.56 bits per heavy atom. The number of hydrogen-bond donors (Lipinski definition) is 2. The molecule has 0 bridgehead atoms. The van der Waals surface area contributed by atoms with Gasteiger partial charge in [0.2, 0.25) is 0 Å². The second-order valence-electron chi connectivity index (χ2n) is 3.96. The summed E-state index contributed by atoms with van der Waals surface area (Å²) in [6.45, 7) is 4.35. The van der Waals surface area contributed by atoms with Crippen molar-refractivity contribution in [3.05, 3.63) is 34.3 Å². The van der Waals surface area contributed by atoms with E-state index in [-0.39, 0.29) is 11.9 Å². The summed E-state index contributed by atoms with van der Waals surface area (Å²) in [6.07, 6.45) is 0.759. The van der Waals surface area contributed by atoms with Gasteiger partial charge in [0.05, 0.1) is 10.6 Å². The molecule has 1 atom stereocenters. The number of rotatable bonds is 4. The summed E-state index contributed by atoms with van der Waals surface area (Å²) in [6, 6.07) is 5.51. The van der Waals surface area contributed by atoms with Gasteiger partial charge in [0.15, 0.2) is 0 Å². The molecular weight excluding hydrogens is 224 g/mol. The van der Waals surface area contributed by atoms with Crippen molar-refractivity contribution in [1.82, 2.24) is 5.32 Å². The molecule has 3 nitrogen and oxygen atoms in total. The Kier molecular flexibility index (Phi) is 4.77. The van der Waals surface area contributed by atoms with Crippen LogP contribution >= 0.6 is 11.6 Å².